The van der Waals surface area contributed by atoms with Crippen LogP contribution >= 0.6 is 0 Å². The predicted octanol–water partition coefficient (Wildman–Crippen LogP) is 0.773. The number of amides is 2. The summed E-state index contributed by atoms with van der Waals surface area (Å²) in [5.74, 6) is -0.365. The van der Waals surface area contributed by atoms with E-state index >= 15 is 0 Å². The summed E-state index contributed by atoms with van der Waals surface area (Å²) >= 11 is 0. The van der Waals surface area contributed by atoms with Gasteiger partial charge in [0.2, 0.25) is 5.91 Å². The molecule has 1 atom stereocenters. The predicted molar refractivity (Wildman–Crippen MR) is 134 cm³/mol. The molecule has 12 nitrogen and oxygen atoms in total. The van der Waals surface area contributed by atoms with Gasteiger partial charge < -0.3 is 48.5 Å². The van der Waals surface area contributed by atoms with Crippen molar-refractivity contribution >= 4 is 12.0 Å². The SMILES string of the molecule is COCCOCCOCCOCCOCCOCCOC(=O)N[C@H](COC)C(=O)NCc1ccccc1. The largest absolute Gasteiger partial charge is 0.447 e. The van der Waals surface area contributed by atoms with Crippen molar-refractivity contribution in [3.8, 4) is 0 Å². The first-order valence-corrected chi connectivity index (χ1v) is 12.3. The summed E-state index contributed by atoms with van der Waals surface area (Å²) in [6.45, 7) is 5.41. The minimum atomic E-state index is -0.871. The lowest BCUT2D eigenvalue weighted by Gasteiger charge is -2.17. The van der Waals surface area contributed by atoms with Gasteiger partial charge in [0.1, 0.15) is 12.6 Å². The van der Waals surface area contributed by atoms with E-state index in [-0.39, 0.29) is 25.7 Å². The molecule has 0 fully saturated rings. The Hall–Kier alpha value is -2.32. The highest BCUT2D eigenvalue weighted by Crippen LogP contribution is 1.98. The molecular weight excluding hydrogens is 488 g/mol. The van der Waals surface area contributed by atoms with Crippen molar-refractivity contribution in [2.45, 2.75) is 12.6 Å². The van der Waals surface area contributed by atoms with E-state index in [1.54, 1.807) is 7.11 Å². The maximum atomic E-state index is 12.4. The van der Waals surface area contributed by atoms with Gasteiger partial charge in [-0.15, -0.1) is 0 Å². The first kappa shape index (κ1) is 32.7. The number of rotatable bonds is 24. The molecule has 0 bridgehead atoms. The van der Waals surface area contributed by atoms with Gasteiger partial charge in [-0.1, -0.05) is 30.3 Å². The first-order chi connectivity index (χ1) is 18.2. The van der Waals surface area contributed by atoms with Crippen molar-refractivity contribution in [1.29, 1.82) is 0 Å². The molecule has 0 unspecified atom stereocenters. The van der Waals surface area contributed by atoms with E-state index < -0.39 is 12.1 Å². The Morgan fingerprint density at radius 2 is 1.16 bits per heavy atom. The molecule has 37 heavy (non-hydrogen) atoms. The minimum Gasteiger partial charge on any atom is -0.447 e. The van der Waals surface area contributed by atoms with Crippen LogP contribution in [0.25, 0.3) is 0 Å². The van der Waals surface area contributed by atoms with Crippen LogP contribution in [0.4, 0.5) is 4.79 Å². The number of ether oxygens (including phenoxy) is 8. The second-order valence-electron chi connectivity index (χ2n) is 7.55. The Morgan fingerprint density at radius 1 is 0.676 bits per heavy atom. The molecule has 0 aliphatic carbocycles. The Labute approximate surface area is 219 Å². The summed E-state index contributed by atoms with van der Waals surface area (Å²) in [6, 6.07) is 8.59. The molecule has 0 aliphatic rings. The molecule has 2 amide bonds. The summed E-state index contributed by atoms with van der Waals surface area (Å²) in [6.07, 6.45) is -0.725. The van der Waals surface area contributed by atoms with Crippen LogP contribution in [0.3, 0.4) is 0 Å². The molecule has 0 radical (unpaired) electrons. The third kappa shape index (κ3) is 19.5. The number of alkyl carbamates (subject to hydrolysis) is 1. The third-order valence-corrected chi connectivity index (χ3v) is 4.63. The lowest BCUT2D eigenvalue weighted by Crippen LogP contribution is -2.49. The standard InChI is InChI=1S/C25H42N2O10/c1-30-8-9-32-10-11-33-12-13-34-14-15-35-16-17-36-18-19-37-25(29)27-23(21-31-2)24(28)26-20-22-6-4-3-5-7-22/h3-7,23H,8-21H2,1-2H3,(H,26,28)(H,27,29)/t23-/m1/s1. The highest BCUT2D eigenvalue weighted by Gasteiger charge is 2.21. The quantitative estimate of drug-likeness (QED) is 0.185. The summed E-state index contributed by atoms with van der Waals surface area (Å²) in [4.78, 5) is 24.4. The van der Waals surface area contributed by atoms with Gasteiger partial charge in [-0.2, -0.15) is 0 Å². The number of hydrogen-bond acceptors (Lipinski definition) is 10. The lowest BCUT2D eigenvalue weighted by molar-refractivity contribution is -0.124. The van der Waals surface area contributed by atoms with Crippen molar-refractivity contribution in [2.75, 3.05) is 100 Å². The molecule has 0 saturated heterocycles. The average Bonchev–Trinajstić information content (AvgIpc) is 2.91. The third-order valence-electron chi connectivity index (χ3n) is 4.63. The number of benzene rings is 1. The van der Waals surface area contributed by atoms with Crippen molar-refractivity contribution in [2.24, 2.45) is 0 Å². The molecule has 0 aliphatic heterocycles. The Balaban J connectivity index is 1.94. The first-order valence-electron chi connectivity index (χ1n) is 12.3. The molecule has 0 saturated carbocycles. The van der Waals surface area contributed by atoms with E-state index in [1.165, 1.54) is 7.11 Å². The van der Waals surface area contributed by atoms with E-state index in [2.05, 4.69) is 10.6 Å². The smallest absolute Gasteiger partial charge is 0.407 e. The fourth-order valence-electron chi connectivity index (χ4n) is 2.76. The van der Waals surface area contributed by atoms with Crippen LogP contribution in [0.2, 0.25) is 0 Å². The minimum absolute atomic E-state index is 0.0184. The lowest BCUT2D eigenvalue weighted by atomic mass is 10.2. The molecule has 0 spiro atoms. The zero-order valence-electron chi connectivity index (χ0n) is 21.9. The Bertz CT molecular complexity index is 681. The van der Waals surface area contributed by atoms with Crippen molar-refractivity contribution in [1.82, 2.24) is 10.6 Å². The second-order valence-corrected chi connectivity index (χ2v) is 7.55. The van der Waals surface area contributed by atoms with Crippen LogP contribution < -0.4 is 10.6 Å². The van der Waals surface area contributed by atoms with Gasteiger partial charge in [-0.25, -0.2) is 4.79 Å². The fourth-order valence-corrected chi connectivity index (χ4v) is 2.76. The second kappa shape index (κ2) is 24.0. The van der Waals surface area contributed by atoms with Gasteiger partial charge in [0.25, 0.3) is 0 Å². The number of hydrogen-bond donors (Lipinski definition) is 2. The molecule has 1 rings (SSSR count). The van der Waals surface area contributed by atoms with E-state index in [4.69, 9.17) is 37.9 Å². The van der Waals surface area contributed by atoms with Crippen LogP contribution in [-0.4, -0.2) is 118 Å². The molecule has 0 heterocycles. The van der Waals surface area contributed by atoms with E-state index in [0.717, 1.165) is 5.56 Å². The Morgan fingerprint density at radius 3 is 1.65 bits per heavy atom. The number of methoxy groups -OCH3 is 2. The molecule has 12 heteroatoms. The number of carbonyl (C=O) groups excluding carboxylic acids is 2. The molecule has 1 aromatic carbocycles. The summed E-state index contributed by atoms with van der Waals surface area (Å²) < 4.78 is 41.8. The molecule has 0 aromatic heterocycles. The van der Waals surface area contributed by atoms with Gasteiger partial charge in [0.15, 0.2) is 0 Å². The van der Waals surface area contributed by atoms with Gasteiger partial charge >= 0.3 is 6.09 Å². The normalized spacial score (nSPS) is 11.7. The molecular formula is C25H42N2O10. The van der Waals surface area contributed by atoms with Crippen molar-refractivity contribution < 1.29 is 47.5 Å². The topological polar surface area (TPSA) is 132 Å². The van der Waals surface area contributed by atoms with Crippen LogP contribution in [0.15, 0.2) is 30.3 Å². The van der Waals surface area contributed by atoms with Crippen molar-refractivity contribution in [3.05, 3.63) is 35.9 Å². The van der Waals surface area contributed by atoms with Crippen LogP contribution in [0.1, 0.15) is 5.56 Å². The molecule has 2 N–H and O–H groups in total. The van der Waals surface area contributed by atoms with E-state index in [0.29, 0.717) is 72.6 Å². The number of carbonyl (C=O) groups is 2. The number of nitrogens with one attached hydrogen (secondary N) is 2. The molecule has 1 aromatic rings. The van der Waals surface area contributed by atoms with Crippen LogP contribution in [0, 0.1) is 0 Å². The highest BCUT2D eigenvalue weighted by atomic mass is 16.6. The van der Waals surface area contributed by atoms with E-state index in [9.17, 15) is 9.59 Å². The van der Waals surface area contributed by atoms with Gasteiger partial charge in [0, 0.05) is 20.8 Å². The fraction of sp³-hybridized carbons (Fsp3) is 0.680. The zero-order valence-corrected chi connectivity index (χ0v) is 21.9. The average molecular weight is 531 g/mol. The Kier molecular flexibility index (Phi) is 21.3. The maximum Gasteiger partial charge on any atom is 0.407 e. The zero-order chi connectivity index (χ0) is 26.8. The summed E-state index contributed by atoms with van der Waals surface area (Å²) in [5.41, 5.74) is 0.948. The monoisotopic (exact) mass is 530 g/mol. The summed E-state index contributed by atoms with van der Waals surface area (Å²) in [5, 5.41) is 5.26. The van der Waals surface area contributed by atoms with Crippen molar-refractivity contribution in [3.63, 3.8) is 0 Å². The van der Waals surface area contributed by atoms with Gasteiger partial charge in [0.05, 0.1) is 79.3 Å². The summed E-state index contributed by atoms with van der Waals surface area (Å²) in [7, 11) is 3.08. The van der Waals surface area contributed by atoms with Crippen LogP contribution in [-0.2, 0) is 49.2 Å². The van der Waals surface area contributed by atoms with Gasteiger partial charge in [-0.3, -0.25) is 4.79 Å². The van der Waals surface area contributed by atoms with E-state index in [1.807, 2.05) is 30.3 Å². The molecule has 212 valence electrons. The highest BCUT2D eigenvalue weighted by molar-refractivity contribution is 5.85. The maximum absolute atomic E-state index is 12.4. The van der Waals surface area contributed by atoms with Gasteiger partial charge in [-0.05, 0) is 5.56 Å². The van der Waals surface area contributed by atoms with Crippen LogP contribution in [0.5, 0.6) is 0 Å².